The van der Waals surface area contributed by atoms with Crippen LogP contribution < -0.4 is 5.32 Å². The van der Waals surface area contributed by atoms with Crippen molar-refractivity contribution in [2.75, 3.05) is 0 Å². The van der Waals surface area contributed by atoms with Crippen LogP contribution in [0.2, 0.25) is 0 Å². The molecule has 0 bridgehead atoms. The van der Waals surface area contributed by atoms with Crippen molar-refractivity contribution in [3.05, 3.63) is 23.5 Å². The summed E-state index contributed by atoms with van der Waals surface area (Å²) >= 11 is 0. The molecule has 0 unspecified atom stereocenters. The first-order valence-electron chi connectivity index (χ1n) is 8.48. The second-order valence-corrected chi connectivity index (χ2v) is 6.71. The monoisotopic (exact) mass is 334 g/mol. The van der Waals surface area contributed by atoms with Gasteiger partial charge in [-0.3, -0.25) is 9.59 Å². The molecule has 1 aliphatic rings. The van der Waals surface area contributed by atoms with Crippen LogP contribution in [0.3, 0.4) is 0 Å². The van der Waals surface area contributed by atoms with E-state index in [4.69, 9.17) is 4.74 Å². The number of carbonyl (C=O) groups is 3. The number of esters is 1. The van der Waals surface area contributed by atoms with Crippen molar-refractivity contribution in [3.8, 4) is 0 Å². The highest BCUT2D eigenvalue weighted by molar-refractivity contribution is 5.98. The maximum atomic E-state index is 12.3. The van der Waals surface area contributed by atoms with Crippen LogP contribution in [0.25, 0.3) is 0 Å². The Hall–Kier alpha value is -2.11. The third kappa shape index (κ3) is 4.24. The Labute approximate surface area is 142 Å². The standard InChI is InChI=1S/C18H26N2O4/c1-11-7-5-6-8-15(11)19-17(22)13(3)24-18(23)16-9-14(12(2)21)10-20(16)4/h9-11,13,15H,5-8H2,1-4H3,(H,19,22)/t11-,13-,15-/m1/s1. The first-order chi connectivity index (χ1) is 11.3. The van der Waals surface area contributed by atoms with Crippen LogP contribution >= 0.6 is 0 Å². The van der Waals surface area contributed by atoms with Crippen LogP contribution in [0.15, 0.2) is 12.3 Å². The molecule has 0 spiro atoms. The molecule has 0 aromatic carbocycles. The number of nitrogens with zero attached hydrogens (tertiary/aromatic N) is 1. The molecule has 132 valence electrons. The normalized spacial score (nSPS) is 21.8. The van der Waals surface area contributed by atoms with Crippen molar-refractivity contribution in [1.82, 2.24) is 9.88 Å². The maximum absolute atomic E-state index is 12.3. The third-order valence-corrected chi connectivity index (χ3v) is 4.71. The molecule has 0 radical (unpaired) electrons. The number of aryl methyl sites for hydroxylation is 1. The van der Waals surface area contributed by atoms with Gasteiger partial charge >= 0.3 is 5.97 Å². The van der Waals surface area contributed by atoms with E-state index in [0.717, 1.165) is 19.3 Å². The van der Waals surface area contributed by atoms with Crippen molar-refractivity contribution in [2.45, 2.75) is 58.6 Å². The van der Waals surface area contributed by atoms with Crippen LogP contribution in [0.5, 0.6) is 0 Å². The molecule has 3 atom stereocenters. The fraction of sp³-hybridized carbons (Fsp3) is 0.611. The highest BCUT2D eigenvalue weighted by atomic mass is 16.5. The summed E-state index contributed by atoms with van der Waals surface area (Å²) in [7, 11) is 1.66. The molecule has 1 saturated carbocycles. The van der Waals surface area contributed by atoms with Gasteiger partial charge in [0.15, 0.2) is 11.9 Å². The van der Waals surface area contributed by atoms with E-state index < -0.39 is 12.1 Å². The molecule has 1 aromatic heterocycles. The molecule has 0 saturated heterocycles. The summed E-state index contributed by atoms with van der Waals surface area (Å²) in [6.07, 6.45) is 5.09. The summed E-state index contributed by atoms with van der Waals surface area (Å²) in [4.78, 5) is 35.9. The summed E-state index contributed by atoms with van der Waals surface area (Å²) in [6, 6.07) is 1.63. The molecule has 1 amide bonds. The Balaban J connectivity index is 1.95. The van der Waals surface area contributed by atoms with Crippen molar-refractivity contribution in [3.63, 3.8) is 0 Å². The van der Waals surface area contributed by atoms with E-state index in [0.29, 0.717) is 11.5 Å². The number of hydrogen-bond donors (Lipinski definition) is 1. The Morgan fingerprint density at radius 1 is 1.29 bits per heavy atom. The van der Waals surface area contributed by atoms with Crippen LogP contribution in [0.4, 0.5) is 0 Å². The summed E-state index contributed by atoms with van der Waals surface area (Å²) < 4.78 is 6.80. The van der Waals surface area contributed by atoms with Gasteiger partial charge in [-0.15, -0.1) is 0 Å². The fourth-order valence-corrected chi connectivity index (χ4v) is 3.07. The SMILES string of the molecule is CC(=O)c1cc(C(=O)O[C@H](C)C(=O)N[C@@H]2CCCC[C@H]2C)n(C)c1. The number of carbonyl (C=O) groups excluding carboxylic acids is 3. The third-order valence-electron chi connectivity index (χ3n) is 4.71. The summed E-state index contributed by atoms with van der Waals surface area (Å²) in [5.74, 6) is -0.564. The summed E-state index contributed by atoms with van der Waals surface area (Å²) in [6.45, 7) is 5.13. The number of hydrogen-bond acceptors (Lipinski definition) is 4. The lowest BCUT2D eigenvalue weighted by Gasteiger charge is -2.30. The number of amides is 1. The van der Waals surface area contributed by atoms with Gasteiger partial charge < -0.3 is 14.6 Å². The molecule has 1 aromatic rings. The van der Waals surface area contributed by atoms with Crippen LogP contribution in [-0.2, 0) is 16.6 Å². The minimum atomic E-state index is -0.873. The molecular formula is C18H26N2O4. The Bertz CT molecular complexity index is 635. The van der Waals surface area contributed by atoms with E-state index in [-0.39, 0.29) is 23.4 Å². The van der Waals surface area contributed by atoms with E-state index in [1.165, 1.54) is 24.0 Å². The van der Waals surface area contributed by atoms with Crippen LogP contribution in [0.1, 0.15) is 67.3 Å². The molecule has 1 aliphatic carbocycles. The zero-order valence-corrected chi connectivity index (χ0v) is 14.8. The smallest absolute Gasteiger partial charge is 0.355 e. The molecule has 0 aliphatic heterocycles. The van der Waals surface area contributed by atoms with Gasteiger partial charge in [0.1, 0.15) is 5.69 Å². The molecule has 1 heterocycles. The van der Waals surface area contributed by atoms with E-state index in [1.807, 2.05) is 0 Å². The first-order valence-corrected chi connectivity index (χ1v) is 8.48. The molecular weight excluding hydrogens is 308 g/mol. The van der Waals surface area contributed by atoms with Crippen LogP contribution in [0, 0.1) is 5.92 Å². The number of ketones is 1. The summed E-state index contributed by atoms with van der Waals surface area (Å²) in [5.41, 5.74) is 0.698. The Morgan fingerprint density at radius 2 is 1.96 bits per heavy atom. The fourth-order valence-electron chi connectivity index (χ4n) is 3.07. The molecule has 2 rings (SSSR count). The van der Waals surface area contributed by atoms with Gasteiger partial charge in [-0.25, -0.2) is 4.79 Å². The number of nitrogens with one attached hydrogen (secondary N) is 1. The number of rotatable bonds is 5. The predicted molar refractivity (Wildman–Crippen MR) is 89.9 cm³/mol. The van der Waals surface area contributed by atoms with Gasteiger partial charge in [0.25, 0.3) is 5.91 Å². The highest BCUT2D eigenvalue weighted by Crippen LogP contribution is 2.23. The lowest BCUT2D eigenvalue weighted by atomic mass is 9.86. The maximum Gasteiger partial charge on any atom is 0.355 e. The van der Waals surface area contributed by atoms with E-state index in [2.05, 4.69) is 12.2 Å². The van der Waals surface area contributed by atoms with Gasteiger partial charge in [0.05, 0.1) is 0 Å². The van der Waals surface area contributed by atoms with Gasteiger partial charge in [0, 0.05) is 24.8 Å². The molecule has 24 heavy (non-hydrogen) atoms. The molecule has 1 fully saturated rings. The highest BCUT2D eigenvalue weighted by Gasteiger charge is 2.27. The Morgan fingerprint density at radius 3 is 2.54 bits per heavy atom. The van der Waals surface area contributed by atoms with Crippen LogP contribution in [-0.4, -0.2) is 34.4 Å². The second-order valence-electron chi connectivity index (χ2n) is 6.71. The number of Topliss-reactive ketones (excluding diaryl/α,β-unsaturated/α-hetero) is 1. The zero-order valence-electron chi connectivity index (χ0n) is 14.8. The molecule has 1 N–H and O–H groups in total. The minimum Gasteiger partial charge on any atom is -0.448 e. The lowest BCUT2D eigenvalue weighted by molar-refractivity contribution is -0.130. The van der Waals surface area contributed by atoms with E-state index in [9.17, 15) is 14.4 Å². The average molecular weight is 334 g/mol. The number of aromatic nitrogens is 1. The van der Waals surface area contributed by atoms with Crippen molar-refractivity contribution >= 4 is 17.7 Å². The number of ether oxygens (including phenoxy) is 1. The van der Waals surface area contributed by atoms with E-state index >= 15 is 0 Å². The minimum absolute atomic E-state index is 0.123. The zero-order chi connectivity index (χ0) is 17.9. The topological polar surface area (TPSA) is 77.4 Å². The largest absolute Gasteiger partial charge is 0.448 e. The van der Waals surface area contributed by atoms with Crippen molar-refractivity contribution < 1.29 is 19.1 Å². The van der Waals surface area contributed by atoms with Gasteiger partial charge in [0.2, 0.25) is 0 Å². The summed E-state index contributed by atoms with van der Waals surface area (Å²) in [5, 5.41) is 2.99. The first kappa shape index (κ1) is 18.2. The van der Waals surface area contributed by atoms with Gasteiger partial charge in [-0.05, 0) is 38.7 Å². The predicted octanol–water partition coefficient (Wildman–Crippen LogP) is 2.47. The lowest BCUT2D eigenvalue weighted by Crippen LogP contribution is -2.46. The quantitative estimate of drug-likeness (QED) is 0.663. The van der Waals surface area contributed by atoms with E-state index in [1.54, 1.807) is 20.2 Å². The second kappa shape index (κ2) is 7.64. The Kier molecular flexibility index (Phi) is 5.80. The van der Waals surface area contributed by atoms with Gasteiger partial charge in [-0.1, -0.05) is 19.8 Å². The van der Waals surface area contributed by atoms with Crippen molar-refractivity contribution in [2.24, 2.45) is 13.0 Å². The average Bonchev–Trinajstić information content (AvgIpc) is 2.91. The molecule has 6 heteroatoms. The van der Waals surface area contributed by atoms with Crippen molar-refractivity contribution in [1.29, 1.82) is 0 Å². The molecule has 6 nitrogen and oxygen atoms in total. The van der Waals surface area contributed by atoms with Gasteiger partial charge in [-0.2, -0.15) is 0 Å².